The average Bonchev–Trinajstić information content (AvgIpc) is 3.14. The molecule has 4 rings (SSSR count). The van der Waals surface area contributed by atoms with E-state index >= 15 is 0 Å². The smallest absolute Gasteiger partial charge is 0.417 e. The quantitative estimate of drug-likeness (QED) is 0.649. The lowest BCUT2D eigenvalue weighted by atomic mass is 10.0. The molecule has 0 saturated carbocycles. The predicted molar refractivity (Wildman–Crippen MR) is 117 cm³/mol. The van der Waals surface area contributed by atoms with Gasteiger partial charge in [-0.2, -0.15) is 0 Å². The number of carbonyl (C=O) groups is 5. The van der Waals surface area contributed by atoms with Gasteiger partial charge >= 0.3 is 12.2 Å². The molecule has 5 amide bonds. The molecule has 0 aromatic heterocycles. The van der Waals surface area contributed by atoms with Crippen molar-refractivity contribution < 1.29 is 33.4 Å². The lowest BCUT2D eigenvalue weighted by molar-refractivity contribution is -0.136. The molecule has 2 heterocycles. The number of alkyl carbamates (subject to hydrolysis) is 2. The Balaban J connectivity index is 1.33. The Morgan fingerprint density at radius 2 is 1.88 bits per heavy atom. The maximum absolute atomic E-state index is 12.9. The van der Waals surface area contributed by atoms with Crippen molar-refractivity contribution in [1.82, 2.24) is 15.5 Å². The van der Waals surface area contributed by atoms with Crippen LogP contribution in [0.25, 0.3) is 0 Å². The van der Waals surface area contributed by atoms with Gasteiger partial charge < -0.3 is 14.4 Å². The van der Waals surface area contributed by atoms with Crippen LogP contribution >= 0.6 is 0 Å². The van der Waals surface area contributed by atoms with Gasteiger partial charge in [-0.25, -0.2) is 14.9 Å². The molecule has 10 heteroatoms. The van der Waals surface area contributed by atoms with Crippen LogP contribution in [0.2, 0.25) is 0 Å². The van der Waals surface area contributed by atoms with Crippen LogP contribution in [0.3, 0.4) is 0 Å². The van der Waals surface area contributed by atoms with Crippen molar-refractivity contribution in [3.05, 3.63) is 70.8 Å². The maximum atomic E-state index is 12.9. The lowest BCUT2D eigenvalue weighted by Crippen LogP contribution is -2.52. The van der Waals surface area contributed by atoms with E-state index in [0.717, 1.165) is 11.1 Å². The van der Waals surface area contributed by atoms with Crippen LogP contribution < -0.4 is 10.6 Å². The van der Waals surface area contributed by atoms with Crippen LogP contribution in [-0.2, 0) is 32.2 Å². The Morgan fingerprint density at radius 3 is 2.62 bits per heavy atom. The van der Waals surface area contributed by atoms with Crippen molar-refractivity contribution in [3.8, 4) is 0 Å². The first-order valence-electron chi connectivity index (χ1n) is 10.8. The molecule has 0 spiro atoms. The highest BCUT2D eigenvalue weighted by atomic mass is 16.6. The zero-order chi connectivity index (χ0) is 24.2. The summed E-state index contributed by atoms with van der Waals surface area (Å²) in [6, 6.07) is 13.4. The minimum atomic E-state index is -0.984. The Labute approximate surface area is 195 Å². The molecule has 10 nitrogen and oxygen atoms in total. The lowest BCUT2D eigenvalue weighted by Gasteiger charge is -2.29. The van der Waals surface area contributed by atoms with E-state index in [1.165, 1.54) is 4.90 Å². The molecule has 2 aromatic rings. The van der Waals surface area contributed by atoms with E-state index in [0.29, 0.717) is 11.1 Å². The van der Waals surface area contributed by atoms with Gasteiger partial charge in [-0.15, -0.1) is 0 Å². The first-order chi connectivity index (χ1) is 16.3. The number of rotatable bonds is 5. The third kappa shape index (κ3) is 5.06. The molecule has 2 aliphatic rings. The summed E-state index contributed by atoms with van der Waals surface area (Å²) in [6.45, 7) is 1.86. The monoisotopic (exact) mass is 465 g/mol. The average molecular weight is 465 g/mol. The molecule has 2 aromatic carbocycles. The fourth-order valence-corrected chi connectivity index (χ4v) is 3.93. The minimum absolute atomic E-state index is 0.00607. The second kappa shape index (κ2) is 9.74. The molecular weight excluding hydrogens is 442 g/mol. The Bertz CT molecular complexity index is 1150. The molecule has 2 N–H and O–H groups in total. The van der Waals surface area contributed by atoms with Crippen molar-refractivity contribution in [2.45, 2.75) is 45.1 Å². The van der Waals surface area contributed by atoms with Gasteiger partial charge in [-0.3, -0.25) is 19.7 Å². The highest BCUT2D eigenvalue weighted by molar-refractivity contribution is 6.05. The first-order valence-corrected chi connectivity index (χ1v) is 10.8. The molecule has 34 heavy (non-hydrogen) atoms. The van der Waals surface area contributed by atoms with Gasteiger partial charge in [0.1, 0.15) is 18.8 Å². The van der Waals surface area contributed by atoms with Crippen LogP contribution in [-0.4, -0.2) is 40.8 Å². The molecular formula is C24H23N3O7. The second-order valence-electron chi connectivity index (χ2n) is 8.05. The summed E-state index contributed by atoms with van der Waals surface area (Å²) >= 11 is 0. The second-order valence-corrected chi connectivity index (χ2v) is 8.05. The molecule has 1 fully saturated rings. The largest absolute Gasteiger partial charge is 0.444 e. The zero-order valence-electron chi connectivity index (χ0n) is 18.4. The number of ether oxygens (including phenoxy) is 2. The normalized spacial score (nSPS) is 18.1. The summed E-state index contributed by atoms with van der Waals surface area (Å²) in [6.07, 6.45) is -2.23. The standard InChI is InChI=1S/C24H23N3O7/c1-14(34-24(32)26-23(31)33-13-15-5-3-2-4-6-15)16-7-8-17-12-27(22(30)18(17)11-16)19-9-10-20(28)25-21(19)29/h2-8,11,14,19H,9-10,12-13H2,1H3,(H,25,28,29)(H,26,31,32). The van der Waals surface area contributed by atoms with Crippen molar-refractivity contribution >= 4 is 29.9 Å². The number of carbonyl (C=O) groups excluding carboxylic acids is 5. The van der Waals surface area contributed by atoms with Crippen molar-refractivity contribution in [1.29, 1.82) is 0 Å². The van der Waals surface area contributed by atoms with Gasteiger partial charge in [-0.05, 0) is 36.1 Å². The SMILES string of the molecule is CC(OC(=O)NC(=O)OCc1ccccc1)c1ccc2c(c1)C(=O)N(C1CCC(=O)NC1=O)C2. The summed E-state index contributed by atoms with van der Waals surface area (Å²) in [4.78, 5) is 61.9. The molecule has 2 aliphatic heterocycles. The summed E-state index contributed by atoms with van der Waals surface area (Å²) in [5.41, 5.74) is 2.46. The van der Waals surface area contributed by atoms with Crippen LogP contribution in [0.4, 0.5) is 9.59 Å². The molecule has 2 atom stereocenters. The van der Waals surface area contributed by atoms with Gasteiger partial charge in [0.2, 0.25) is 11.8 Å². The van der Waals surface area contributed by atoms with Gasteiger partial charge in [0.05, 0.1) is 0 Å². The number of benzene rings is 2. The summed E-state index contributed by atoms with van der Waals surface area (Å²) in [5, 5.41) is 4.27. The minimum Gasteiger partial charge on any atom is -0.444 e. The summed E-state index contributed by atoms with van der Waals surface area (Å²) < 4.78 is 10.2. The molecule has 0 aliphatic carbocycles. The topological polar surface area (TPSA) is 131 Å². The van der Waals surface area contributed by atoms with Gasteiger partial charge in [0.25, 0.3) is 5.91 Å². The van der Waals surface area contributed by atoms with Crippen molar-refractivity contribution in [2.24, 2.45) is 0 Å². The van der Waals surface area contributed by atoms with E-state index in [9.17, 15) is 24.0 Å². The molecule has 0 radical (unpaired) electrons. The van der Waals surface area contributed by atoms with Crippen LogP contribution in [0.5, 0.6) is 0 Å². The number of hydrogen-bond acceptors (Lipinski definition) is 7. The van der Waals surface area contributed by atoms with E-state index in [1.807, 2.05) is 11.4 Å². The number of fused-ring (bicyclic) bond motifs is 1. The fourth-order valence-electron chi connectivity index (χ4n) is 3.93. The number of hydrogen-bond donors (Lipinski definition) is 2. The van der Waals surface area contributed by atoms with Gasteiger partial charge in [0.15, 0.2) is 0 Å². The highest BCUT2D eigenvalue weighted by Crippen LogP contribution is 2.30. The third-order valence-electron chi connectivity index (χ3n) is 5.72. The van der Waals surface area contributed by atoms with Gasteiger partial charge in [0, 0.05) is 18.5 Å². The van der Waals surface area contributed by atoms with E-state index in [-0.39, 0.29) is 37.8 Å². The Hall–Kier alpha value is -4.21. The predicted octanol–water partition coefficient (Wildman–Crippen LogP) is 2.57. The Morgan fingerprint density at radius 1 is 1.12 bits per heavy atom. The molecule has 176 valence electrons. The molecule has 1 saturated heterocycles. The summed E-state index contributed by atoms with van der Waals surface area (Å²) in [7, 11) is 0. The Kier molecular flexibility index (Phi) is 6.58. The van der Waals surface area contributed by atoms with E-state index in [1.54, 1.807) is 49.4 Å². The van der Waals surface area contributed by atoms with Crippen LogP contribution in [0.15, 0.2) is 48.5 Å². The molecule has 0 bridgehead atoms. The highest BCUT2D eigenvalue weighted by Gasteiger charge is 2.39. The van der Waals surface area contributed by atoms with Crippen LogP contribution in [0.1, 0.15) is 52.9 Å². The number of nitrogens with one attached hydrogen (secondary N) is 2. The van der Waals surface area contributed by atoms with Gasteiger partial charge in [-0.1, -0.05) is 42.5 Å². The molecule has 2 unspecified atom stereocenters. The van der Waals surface area contributed by atoms with Crippen LogP contribution in [0, 0.1) is 0 Å². The number of piperidine rings is 1. The zero-order valence-corrected chi connectivity index (χ0v) is 18.4. The van der Waals surface area contributed by atoms with E-state index in [2.05, 4.69) is 5.32 Å². The number of nitrogens with zero attached hydrogens (tertiary/aromatic N) is 1. The summed E-state index contributed by atoms with van der Waals surface area (Å²) in [5.74, 6) is -1.15. The van der Waals surface area contributed by atoms with E-state index in [4.69, 9.17) is 9.47 Å². The first kappa shape index (κ1) is 23.0. The van der Waals surface area contributed by atoms with Crippen molar-refractivity contribution in [3.63, 3.8) is 0 Å². The fraction of sp³-hybridized carbons (Fsp3) is 0.292. The van der Waals surface area contributed by atoms with E-state index < -0.39 is 30.2 Å². The number of imide groups is 2. The van der Waals surface area contributed by atoms with Crippen molar-refractivity contribution in [2.75, 3.05) is 0 Å². The number of amides is 5. The third-order valence-corrected chi connectivity index (χ3v) is 5.72. The maximum Gasteiger partial charge on any atom is 0.417 e.